The summed E-state index contributed by atoms with van der Waals surface area (Å²) in [6.07, 6.45) is 0. The molecule has 0 spiro atoms. The van der Waals surface area contributed by atoms with Gasteiger partial charge in [-0.15, -0.1) is 0 Å². The van der Waals surface area contributed by atoms with Crippen molar-refractivity contribution in [2.75, 3.05) is 27.1 Å². The first-order valence-corrected chi connectivity index (χ1v) is 27.7. The van der Waals surface area contributed by atoms with Crippen molar-refractivity contribution >= 4 is 51.9 Å². The summed E-state index contributed by atoms with van der Waals surface area (Å²) >= 11 is 0. The van der Waals surface area contributed by atoms with Gasteiger partial charge in [-0.05, 0) is 58.2 Å². The Balaban J connectivity index is 5.52. The minimum absolute atomic E-state index is 0.140. The van der Waals surface area contributed by atoms with E-state index >= 15 is 0 Å². The van der Waals surface area contributed by atoms with E-state index in [1.165, 1.54) is 0 Å². The summed E-state index contributed by atoms with van der Waals surface area (Å²) in [6, 6.07) is 2.66. The van der Waals surface area contributed by atoms with Crippen LogP contribution in [0.3, 0.4) is 0 Å². The van der Waals surface area contributed by atoms with E-state index < -0.39 is 51.9 Å². The van der Waals surface area contributed by atoms with Gasteiger partial charge >= 0.3 is 43.5 Å². The Labute approximate surface area is 227 Å². The monoisotopic (exact) mass is 622 g/mol. The fourth-order valence-corrected chi connectivity index (χ4v) is 24.8. The lowest BCUT2D eigenvalue weighted by atomic mass is 10.9. The molecule has 0 saturated heterocycles. The standard InChI is InChI=1S/C20H54O10Si6/c1-14-23-34(13,22-7)29-32(11,16-3)28-33(12,21)25-20-26-35(17-4,18-5)30-36(19-6,24-15-2)27-31(8,9)10/h21H,14-20H2,1-13H3. The van der Waals surface area contributed by atoms with Gasteiger partial charge in [-0.3, -0.25) is 0 Å². The normalized spacial score (nSPS) is 19.8. The molecule has 0 aliphatic heterocycles. The fourth-order valence-electron chi connectivity index (χ4n) is 3.55. The molecule has 0 aliphatic carbocycles. The van der Waals surface area contributed by atoms with Crippen molar-refractivity contribution in [1.82, 2.24) is 0 Å². The smallest absolute Gasteiger partial charge is 0.416 e. The second-order valence-electron chi connectivity index (χ2n) is 9.90. The van der Waals surface area contributed by atoms with E-state index in [2.05, 4.69) is 33.5 Å². The van der Waals surface area contributed by atoms with Crippen LogP contribution in [-0.2, 0) is 38.6 Å². The first kappa shape index (κ1) is 36.9. The Morgan fingerprint density at radius 2 is 1.14 bits per heavy atom. The molecule has 0 aromatic rings. The summed E-state index contributed by atoms with van der Waals surface area (Å²) in [5.74, 6) is 0. The molecule has 0 aromatic carbocycles. The molecule has 0 fully saturated rings. The fraction of sp³-hybridized carbons (Fsp3) is 1.00. The summed E-state index contributed by atoms with van der Waals surface area (Å²) in [5, 5.41) is 0. The summed E-state index contributed by atoms with van der Waals surface area (Å²) in [5.41, 5.74) is 0. The summed E-state index contributed by atoms with van der Waals surface area (Å²) in [6.45, 7) is 24.5. The second-order valence-corrected chi connectivity index (χ2v) is 30.8. The van der Waals surface area contributed by atoms with Crippen LogP contribution in [0.1, 0.15) is 41.5 Å². The molecule has 0 saturated carbocycles. The van der Waals surface area contributed by atoms with E-state index in [1.807, 2.05) is 40.8 Å². The molecule has 0 radical (unpaired) electrons. The molecule has 4 unspecified atom stereocenters. The zero-order valence-corrected chi connectivity index (χ0v) is 31.1. The number of rotatable bonds is 21. The van der Waals surface area contributed by atoms with Gasteiger partial charge in [0.1, 0.15) is 6.79 Å². The van der Waals surface area contributed by atoms with Crippen LogP contribution in [-0.4, -0.2) is 83.8 Å². The van der Waals surface area contributed by atoms with E-state index in [9.17, 15) is 4.80 Å². The first-order chi connectivity index (χ1) is 16.5. The van der Waals surface area contributed by atoms with Crippen LogP contribution in [0.15, 0.2) is 0 Å². The van der Waals surface area contributed by atoms with Gasteiger partial charge in [-0.25, -0.2) is 0 Å². The highest BCUT2D eigenvalue weighted by Gasteiger charge is 2.52. The molecule has 0 rings (SSSR count). The topological polar surface area (TPSA) is 103 Å². The van der Waals surface area contributed by atoms with Gasteiger partial charge in [0.2, 0.25) is 0 Å². The maximum atomic E-state index is 11.1. The molecule has 0 aromatic heterocycles. The molecular weight excluding hydrogens is 569 g/mol. The summed E-state index contributed by atoms with van der Waals surface area (Å²) < 4.78 is 55.3. The third-order valence-corrected chi connectivity index (χ3v) is 26.3. The van der Waals surface area contributed by atoms with E-state index in [-0.39, 0.29) is 6.79 Å². The quantitative estimate of drug-likeness (QED) is 0.135. The lowest BCUT2D eigenvalue weighted by Gasteiger charge is -2.41. The highest BCUT2D eigenvalue weighted by atomic mass is 28.5. The van der Waals surface area contributed by atoms with Crippen molar-refractivity contribution in [3.63, 3.8) is 0 Å². The molecule has 0 bridgehead atoms. The summed E-state index contributed by atoms with van der Waals surface area (Å²) in [4.78, 5) is 11.1. The Morgan fingerprint density at radius 1 is 0.583 bits per heavy atom. The van der Waals surface area contributed by atoms with Crippen molar-refractivity contribution < 1.29 is 43.4 Å². The lowest BCUT2D eigenvalue weighted by molar-refractivity contribution is 0.0259. The SMILES string of the molecule is CCO[Si](C)(OC)O[Si](C)(CC)O[Si](C)(O)OCO[Si](CC)(CC)O[Si](CC)(OCC)O[Si](C)(C)C. The number of hydrogen-bond donors (Lipinski definition) is 1. The molecule has 10 nitrogen and oxygen atoms in total. The van der Waals surface area contributed by atoms with Crippen molar-refractivity contribution in [3.8, 4) is 0 Å². The van der Waals surface area contributed by atoms with Gasteiger partial charge < -0.3 is 43.4 Å². The van der Waals surface area contributed by atoms with Crippen molar-refractivity contribution in [1.29, 1.82) is 0 Å². The van der Waals surface area contributed by atoms with Gasteiger partial charge in [0, 0.05) is 39.5 Å². The van der Waals surface area contributed by atoms with Crippen LogP contribution >= 0.6 is 0 Å². The predicted molar refractivity (Wildman–Crippen MR) is 155 cm³/mol. The second kappa shape index (κ2) is 15.6. The maximum absolute atomic E-state index is 11.1. The van der Waals surface area contributed by atoms with Crippen molar-refractivity contribution in [3.05, 3.63) is 0 Å². The Morgan fingerprint density at radius 3 is 1.53 bits per heavy atom. The first-order valence-electron chi connectivity index (χ1n) is 13.1. The highest BCUT2D eigenvalue weighted by molar-refractivity contribution is 6.85. The minimum atomic E-state index is -3.60. The van der Waals surface area contributed by atoms with E-state index in [1.54, 1.807) is 13.7 Å². The Hall–Kier alpha value is 0.901. The molecule has 4 atom stereocenters. The van der Waals surface area contributed by atoms with Crippen molar-refractivity contribution in [2.45, 2.75) is 105 Å². The highest BCUT2D eigenvalue weighted by Crippen LogP contribution is 2.30. The van der Waals surface area contributed by atoms with Gasteiger partial charge in [-0.2, -0.15) is 0 Å². The van der Waals surface area contributed by atoms with E-state index in [0.29, 0.717) is 37.4 Å². The third kappa shape index (κ3) is 12.8. The van der Waals surface area contributed by atoms with Gasteiger partial charge in [0.05, 0.1) is 0 Å². The van der Waals surface area contributed by atoms with E-state index in [4.69, 9.17) is 38.6 Å². The average Bonchev–Trinajstić information content (AvgIpc) is 2.77. The predicted octanol–water partition coefficient (Wildman–Crippen LogP) is 5.26. The minimum Gasteiger partial charge on any atom is -0.416 e. The van der Waals surface area contributed by atoms with Crippen LogP contribution in [0.2, 0.25) is 63.5 Å². The Bertz CT molecular complexity index is 624. The van der Waals surface area contributed by atoms with Crippen LogP contribution in [0.25, 0.3) is 0 Å². The van der Waals surface area contributed by atoms with Crippen LogP contribution in [0.4, 0.5) is 0 Å². The number of hydrogen-bond acceptors (Lipinski definition) is 10. The van der Waals surface area contributed by atoms with Gasteiger partial charge in [0.25, 0.3) is 0 Å². The molecule has 218 valence electrons. The van der Waals surface area contributed by atoms with Crippen LogP contribution < -0.4 is 0 Å². The maximum Gasteiger partial charge on any atom is 0.488 e. The van der Waals surface area contributed by atoms with Crippen LogP contribution in [0, 0.1) is 0 Å². The van der Waals surface area contributed by atoms with Gasteiger partial charge in [-0.1, -0.05) is 27.7 Å². The lowest BCUT2D eigenvalue weighted by Crippen LogP contribution is -2.60. The van der Waals surface area contributed by atoms with Crippen LogP contribution in [0.5, 0.6) is 0 Å². The summed E-state index contributed by atoms with van der Waals surface area (Å²) in [7, 11) is -15.4. The molecule has 36 heavy (non-hydrogen) atoms. The largest absolute Gasteiger partial charge is 0.488 e. The molecule has 16 heteroatoms. The molecular formula is C20H54O10Si6. The Kier molecular flexibility index (Phi) is 16.0. The third-order valence-electron chi connectivity index (χ3n) is 5.55. The molecule has 0 aliphatic rings. The van der Waals surface area contributed by atoms with Gasteiger partial charge in [0.15, 0.2) is 8.32 Å². The van der Waals surface area contributed by atoms with E-state index in [0.717, 1.165) is 0 Å². The molecule has 0 heterocycles. The molecule has 0 amide bonds. The average molecular weight is 623 g/mol. The zero-order valence-electron chi connectivity index (χ0n) is 25.1. The zero-order chi connectivity index (χ0) is 28.3. The van der Waals surface area contributed by atoms with Crippen molar-refractivity contribution in [2.24, 2.45) is 0 Å². The molecule has 1 N–H and O–H groups in total.